The fourth-order valence-corrected chi connectivity index (χ4v) is 0.628. The van der Waals surface area contributed by atoms with Crippen molar-refractivity contribution in [3.05, 3.63) is 36.2 Å². The molecule has 0 amide bonds. The number of allylic oxidation sites excluding steroid dienone is 4. The van der Waals surface area contributed by atoms with Gasteiger partial charge in [0.15, 0.2) is 0 Å². The van der Waals surface area contributed by atoms with E-state index in [0.717, 1.165) is 6.61 Å². The van der Waals surface area contributed by atoms with Crippen LogP contribution in [0, 0.1) is 0 Å². The summed E-state index contributed by atoms with van der Waals surface area (Å²) < 4.78 is 17.3. The Hall–Kier alpha value is -0.890. The summed E-state index contributed by atoms with van der Waals surface area (Å²) in [6.07, 6.45) is 3.78. The highest BCUT2D eigenvalue weighted by atomic mass is 19.1. The summed E-state index contributed by atoms with van der Waals surface area (Å²) in [6, 6.07) is 0. The summed E-state index contributed by atoms with van der Waals surface area (Å²) in [5.74, 6) is -0.289. The van der Waals surface area contributed by atoms with Crippen LogP contribution < -0.4 is 0 Å². The minimum absolute atomic E-state index is 0.289. The van der Waals surface area contributed by atoms with Gasteiger partial charge in [-0.05, 0) is 31.9 Å². The maximum atomic E-state index is 12.5. The highest BCUT2D eigenvalue weighted by molar-refractivity contribution is 5.26. The molecule has 0 fully saturated rings. The zero-order valence-corrected chi connectivity index (χ0v) is 12.4. The lowest BCUT2D eigenvalue weighted by Gasteiger charge is -1.91. The molecule has 0 aromatic rings. The number of ether oxygens (including phenoxy) is 1. The van der Waals surface area contributed by atoms with Crippen LogP contribution in [-0.4, -0.2) is 13.7 Å². The van der Waals surface area contributed by atoms with E-state index in [9.17, 15) is 4.39 Å². The molecule has 0 rings (SSSR count). The molecule has 0 aromatic carbocycles. The second kappa shape index (κ2) is 17.5. The Labute approximate surface area is 107 Å². The highest BCUT2D eigenvalue weighted by Gasteiger charge is 1.91. The molecule has 102 valence electrons. The van der Waals surface area contributed by atoms with E-state index >= 15 is 0 Å². The van der Waals surface area contributed by atoms with Crippen LogP contribution in [0.15, 0.2) is 36.2 Å². The van der Waals surface area contributed by atoms with Crippen molar-refractivity contribution in [2.75, 3.05) is 13.7 Å². The van der Waals surface area contributed by atoms with E-state index < -0.39 is 0 Å². The van der Waals surface area contributed by atoms with Crippen molar-refractivity contribution >= 4 is 0 Å². The lowest BCUT2D eigenvalue weighted by Crippen LogP contribution is -1.84. The van der Waals surface area contributed by atoms with Crippen molar-refractivity contribution < 1.29 is 9.13 Å². The molecule has 1 nitrogen and oxygen atoms in total. The first-order chi connectivity index (χ1) is 7.95. The molecule has 0 N–H and O–H groups in total. The van der Waals surface area contributed by atoms with Gasteiger partial charge in [0.25, 0.3) is 0 Å². The third kappa shape index (κ3) is 25.4. The van der Waals surface area contributed by atoms with Gasteiger partial charge in [0, 0.05) is 13.7 Å². The molecular formula is C15H29FO. The number of methoxy groups -OCH3 is 1. The Balaban J connectivity index is -0.000000213. The second-order valence-corrected chi connectivity index (χ2v) is 3.47. The number of rotatable bonds is 5. The van der Waals surface area contributed by atoms with Gasteiger partial charge in [-0.25, -0.2) is 4.39 Å². The van der Waals surface area contributed by atoms with Crippen LogP contribution in [0.25, 0.3) is 0 Å². The van der Waals surface area contributed by atoms with Crippen molar-refractivity contribution in [1.82, 2.24) is 0 Å². The Kier molecular flexibility index (Phi) is 22.0. The zero-order valence-electron chi connectivity index (χ0n) is 12.4. The molecule has 0 spiro atoms. The predicted molar refractivity (Wildman–Crippen MR) is 77.0 cm³/mol. The SMILES string of the molecule is C=C(C)/C=C(/F)C(=C)C.CC.CCCCOC. The van der Waals surface area contributed by atoms with Gasteiger partial charge in [0.1, 0.15) is 5.83 Å². The van der Waals surface area contributed by atoms with Crippen LogP contribution in [0.4, 0.5) is 4.39 Å². The molecule has 17 heavy (non-hydrogen) atoms. The monoisotopic (exact) mass is 244 g/mol. The first kappa shape index (κ1) is 21.4. The van der Waals surface area contributed by atoms with Crippen LogP contribution >= 0.6 is 0 Å². The average molecular weight is 244 g/mol. The summed E-state index contributed by atoms with van der Waals surface area (Å²) in [5, 5.41) is 0. The molecule has 0 aliphatic rings. The van der Waals surface area contributed by atoms with Crippen LogP contribution in [0.5, 0.6) is 0 Å². The molecule has 0 saturated heterocycles. The van der Waals surface area contributed by atoms with Gasteiger partial charge in [-0.15, -0.1) is 0 Å². The molecule has 0 atom stereocenters. The maximum Gasteiger partial charge on any atom is 0.125 e. The Morgan fingerprint density at radius 1 is 1.24 bits per heavy atom. The fourth-order valence-electron chi connectivity index (χ4n) is 0.628. The molecule has 0 unspecified atom stereocenters. The minimum atomic E-state index is -0.289. The Morgan fingerprint density at radius 2 is 1.71 bits per heavy atom. The Morgan fingerprint density at radius 3 is 1.82 bits per heavy atom. The van der Waals surface area contributed by atoms with Gasteiger partial charge in [0.05, 0.1) is 0 Å². The first-order valence-electron chi connectivity index (χ1n) is 6.13. The Bertz CT molecular complexity index is 213. The van der Waals surface area contributed by atoms with Gasteiger partial charge in [-0.1, -0.05) is 45.9 Å². The zero-order chi connectivity index (χ0) is 14.3. The van der Waals surface area contributed by atoms with Gasteiger partial charge >= 0.3 is 0 Å². The van der Waals surface area contributed by atoms with Gasteiger partial charge < -0.3 is 4.74 Å². The van der Waals surface area contributed by atoms with Crippen LogP contribution in [-0.2, 0) is 4.74 Å². The summed E-state index contributed by atoms with van der Waals surface area (Å²) in [4.78, 5) is 0. The maximum absolute atomic E-state index is 12.5. The van der Waals surface area contributed by atoms with Crippen molar-refractivity contribution in [3.63, 3.8) is 0 Å². The summed E-state index contributed by atoms with van der Waals surface area (Å²) in [5.41, 5.74) is 1.15. The second-order valence-electron chi connectivity index (χ2n) is 3.47. The van der Waals surface area contributed by atoms with E-state index in [1.165, 1.54) is 18.9 Å². The molecule has 0 aromatic heterocycles. The first-order valence-corrected chi connectivity index (χ1v) is 6.13. The minimum Gasteiger partial charge on any atom is -0.385 e. The number of hydrogen-bond acceptors (Lipinski definition) is 1. The van der Waals surface area contributed by atoms with Gasteiger partial charge in [-0.2, -0.15) is 0 Å². The molecule has 0 aliphatic carbocycles. The number of halogens is 1. The molecule has 0 aliphatic heterocycles. The molecular weight excluding hydrogens is 215 g/mol. The fraction of sp³-hybridized carbons (Fsp3) is 0.600. The quantitative estimate of drug-likeness (QED) is 0.461. The normalized spacial score (nSPS) is 9.47. The molecule has 0 saturated carbocycles. The number of hydrogen-bond donors (Lipinski definition) is 0. The van der Waals surface area contributed by atoms with E-state index in [1.807, 2.05) is 13.8 Å². The van der Waals surface area contributed by atoms with Gasteiger partial charge in [0.2, 0.25) is 0 Å². The van der Waals surface area contributed by atoms with E-state index in [1.54, 1.807) is 21.0 Å². The van der Waals surface area contributed by atoms with Gasteiger partial charge in [-0.3, -0.25) is 0 Å². The molecule has 0 bridgehead atoms. The lowest BCUT2D eigenvalue weighted by molar-refractivity contribution is 0.194. The average Bonchev–Trinajstić information content (AvgIpc) is 2.29. The summed E-state index contributed by atoms with van der Waals surface area (Å²) >= 11 is 0. The summed E-state index contributed by atoms with van der Waals surface area (Å²) in [7, 11) is 1.73. The largest absolute Gasteiger partial charge is 0.385 e. The van der Waals surface area contributed by atoms with Crippen LogP contribution in [0.2, 0.25) is 0 Å². The standard InChI is InChI=1S/C8H11F.C5H12O.C2H6/c1-6(2)5-8(9)7(3)4;1-3-4-5-6-2;1-2/h5H,1,3H2,2,4H3;3-5H2,1-2H3;1-2H3/b8-5+;;. The van der Waals surface area contributed by atoms with E-state index in [4.69, 9.17) is 4.74 Å². The molecule has 0 heterocycles. The van der Waals surface area contributed by atoms with Crippen molar-refractivity contribution in [2.45, 2.75) is 47.5 Å². The van der Waals surface area contributed by atoms with Crippen LogP contribution in [0.1, 0.15) is 47.5 Å². The van der Waals surface area contributed by atoms with Crippen molar-refractivity contribution in [1.29, 1.82) is 0 Å². The molecule has 0 radical (unpaired) electrons. The molecule has 2 heteroatoms. The van der Waals surface area contributed by atoms with E-state index in [2.05, 4.69) is 20.1 Å². The number of unbranched alkanes of at least 4 members (excludes halogenated alkanes) is 1. The van der Waals surface area contributed by atoms with E-state index in [0.29, 0.717) is 11.1 Å². The topological polar surface area (TPSA) is 9.23 Å². The van der Waals surface area contributed by atoms with Crippen molar-refractivity contribution in [3.8, 4) is 0 Å². The van der Waals surface area contributed by atoms with Crippen molar-refractivity contribution in [2.24, 2.45) is 0 Å². The summed E-state index contributed by atoms with van der Waals surface area (Å²) in [6.45, 7) is 17.4. The van der Waals surface area contributed by atoms with E-state index in [-0.39, 0.29) is 5.83 Å². The third-order valence-corrected chi connectivity index (χ3v) is 1.48. The lowest BCUT2D eigenvalue weighted by atomic mass is 10.2. The smallest absolute Gasteiger partial charge is 0.125 e. The third-order valence-electron chi connectivity index (χ3n) is 1.48. The van der Waals surface area contributed by atoms with Crippen LogP contribution in [0.3, 0.4) is 0 Å². The predicted octanol–water partition coefficient (Wildman–Crippen LogP) is 5.45. The highest BCUT2D eigenvalue weighted by Crippen LogP contribution is 2.09.